The summed E-state index contributed by atoms with van der Waals surface area (Å²) in [5.74, 6) is 2.74. The lowest BCUT2D eigenvalue weighted by molar-refractivity contribution is -0.0428. The quantitative estimate of drug-likeness (QED) is 0.294. The summed E-state index contributed by atoms with van der Waals surface area (Å²) in [5, 5.41) is 28.3. The minimum absolute atomic E-state index is 0.0178. The Morgan fingerprint density at radius 1 is 1.18 bits per heavy atom. The van der Waals surface area contributed by atoms with E-state index in [1.54, 1.807) is 5.57 Å². The summed E-state index contributed by atoms with van der Waals surface area (Å²) in [6, 6.07) is 0. The molecule has 5 nitrogen and oxygen atoms in total. The van der Waals surface area contributed by atoms with E-state index in [9.17, 15) is 10.2 Å². The fraction of sp³-hybridized carbons (Fsp3) is 0.893. The van der Waals surface area contributed by atoms with E-state index in [2.05, 4.69) is 58.1 Å². The molecular weight excluding hydrogens is 412 g/mol. The molecular formula is C28H48N2O3. The molecule has 1 unspecified atom stereocenters. The number of rotatable bonds is 6. The number of β-amino-alcohol motifs (C(OH)–C–C–N with tert-alkyl or cyclic N) is 1. The van der Waals surface area contributed by atoms with Crippen molar-refractivity contribution in [3.8, 4) is 0 Å². The van der Waals surface area contributed by atoms with Crippen molar-refractivity contribution in [2.24, 2.45) is 39.7 Å². The Morgan fingerprint density at radius 3 is 2.67 bits per heavy atom. The van der Waals surface area contributed by atoms with E-state index in [1.807, 2.05) is 0 Å². The molecule has 0 bridgehead atoms. The minimum atomic E-state index is -0.555. The lowest BCUT2D eigenvalue weighted by Crippen LogP contribution is -2.50. The van der Waals surface area contributed by atoms with E-state index < -0.39 is 6.10 Å². The third-order valence-electron chi connectivity index (χ3n) is 9.93. The maximum absolute atomic E-state index is 10.2. The standard InChI is InChI=1S/C28H48N2O3/c1-18(30-33-17-21(32)16-29-26(2,3)4)23-9-10-24-22-8-7-19-15-20(31)11-13-27(19,5)25(22)12-14-28(23,24)6/h7,20-25,29,31-32H,8-17H2,1-6H3/t20-,21?,22-,23+,24-,25-,27-,28+/m0/s1. The number of aliphatic hydroxyl groups excluding tert-OH is 2. The molecule has 188 valence electrons. The van der Waals surface area contributed by atoms with Crippen LogP contribution in [0.15, 0.2) is 16.8 Å². The zero-order chi connectivity index (χ0) is 24.0. The monoisotopic (exact) mass is 460 g/mol. The van der Waals surface area contributed by atoms with Crippen LogP contribution in [0.25, 0.3) is 0 Å². The Balaban J connectivity index is 1.40. The normalized spacial score (nSPS) is 42.1. The number of oxime groups is 1. The van der Waals surface area contributed by atoms with Crippen LogP contribution in [0.3, 0.4) is 0 Å². The number of aliphatic hydroxyl groups is 2. The van der Waals surface area contributed by atoms with Crippen molar-refractivity contribution in [2.45, 2.75) is 111 Å². The molecule has 8 atom stereocenters. The van der Waals surface area contributed by atoms with Crippen molar-refractivity contribution in [2.75, 3.05) is 13.2 Å². The molecule has 4 rings (SSSR count). The molecule has 3 saturated carbocycles. The zero-order valence-corrected chi connectivity index (χ0v) is 21.9. The van der Waals surface area contributed by atoms with Crippen LogP contribution in [-0.2, 0) is 4.84 Å². The predicted molar refractivity (Wildman–Crippen MR) is 134 cm³/mol. The molecule has 3 N–H and O–H groups in total. The van der Waals surface area contributed by atoms with Crippen LogP contribution in [-0.4, -0.2) is 46.8 Å². The van der Waals surface area contributed by atoms with E-state index in [1.165, 1.54) is 32.1 Å². The third-order valence-corrected chi connectivity index (χ3v) is 9.93. The van der Waals surface area contributed by atoms with E-state index in [0.29, 0.717) is 23.3 Å². The summed E-state index contributed by atoms with van der Waals surface area (Å²) in [5.41, 5.74) is 3.22. The van der Waals surface area contributed by atoms with Crippen LogP contribution in [0.5, 0.6) is 0 Å². The second kappa shape index (κ2) is 9.28. The van der Waals surface area contributed by atoms with Gasteiger partial charge in [0.25, 0.3) is 0 Å². The number of hydrogen-bond acceptors (Lipinski definition) is 5. The molecule has 4 aliphatic rings. The van der Waals surface area contributed by atoms with Crippen molar-refractivity contribution < 1.29 is 15.1 Å². The Kier molecular flexibility index (Phi) is 7.08. The van der Waals surface area contributed by atoms with Crippen LogP contribution >= 0.6 is 0 Å². The zero-order valence-electron chi connectivity index (χ0n) is 21.9. The summed E-state index contributed by atoms with van der Waals surface area (Å²) in [4.78, 5) is 5.63. The van der Waals surface area contributed by atoms with Gasteiger partial charge in [0.15, 0.2) is 0 Å². The molecule has 0 aromatic carbocycles. The van der Waals surface area contributed by atoms with Gasteiger partial charge in [-0.25, -0.2) is 0 Å². The van der Waals surface area contributed by atoms with Gasteiger partial charge in [-0.05, 0) is 108 Å². The second-order valence-corrected chi connectivity index (χ2v) is 13.1. The first-order valence-electron chi connectivity index (χ1n) is 13.4. The highest BCUT2D eigenvalue weighted by Crippen LogP contribution is 2.66. The van der Waals surface area contributed by atoms with Gasteiger partial charge in [0.2, 0.25) is 0 Å². The highest BCUT2D eigenvalue weighted by molar-refractivity contribution is 5.85. The fourth-order valence-electron chi connectivity index (χ4n) is 8.10. The van der Waals surface area contributed by atoms with Crippen molar-refractivity contribution in [1.82, 2.24) is 5.32 Å². The molecule has 0 amide bonds. The summed E-state index contributed by atoms with van der Waals surface area (Å²) < 4.78 is 0. The molecule has 0 aliphatic heterocycles. The molecule has 3 fully saturated rings. The first-order valence-corrected chi connectivity index (χ1v) is 13.4. The van der Waals surface area contributed by atoms with Crippen molar-refractivity contribution in [3.05, 3.63) is 11.6 Å². The van der Waals surface area contributed by atoms with E-state index in [4.69, 9.17) is 4.84 Å². The largest absolute Gasteiger partial charge is 0.393 e. The average Bonchev–Trinajstić information content (AvgIpc) is 3.09. The number of nitrogens with one attached hydrogen (secondary N) is 1. The van der Waals surface area contributed by atoms with Gasteiger partial charge in [0.1, 0.15) is 12.7 Å². The van der Waals surface area contributed by atoms with Crippen LogP contribution < -0.4 is 5.32 Å². The molecule has 0 saturated heterocycles. The maximum Gasteiger partial charge on any atom is 0.144 e. The SMILES string of the molecule is CC(=NOCC(O)CNC(C)(C)C)[C@H]1CC[C@H]2[C@@H]3CC=C4C[C@@H](O)CC[C@]4(C)[C@H]3CC[C@]12C. The first-order chi connectivity index (χ1) is 15.4. The summed E-state index contributed by atoms with van der Waals surface area (Å²) in [6.45, 7) is 14.2. The number of fused-ring (bicyclic) bond motifs is 5. The minimum Gasteiger partial charge on any atom is -0.393 e. The Hall–Kier alpha value is -0.910. The molecule has 4 aliphatic carbocycles. The topological polar surface area (TPSA) is 74.1 Å². The smallest absolute Gasteiger partial charge is 0.144 e. The molecule has 33 heavy (non-hydrogen) atoms. The summed E-state index contributed by atoms with van der Waals surface area (Å²) >= 11 is 0. The van der Waals surface area contributed by atoms with Crippen LogP contribution in [0, 0.1) is 34.5 Å². The molecule has 0 aromatic heterocycles. The third kappa shape index (κ3) is 4.92. The highest BCUT2D eigenvalue weighted by Gasteiger charge is 2.59. The average molecular weight is 461 g/mol. The van der Waals surface area contributed by atoms with Gasteiger partial charge in [-0.15, -0.1) is 0 Å². The van der Waals surface area contributed by atoms with Gasteiger partial charge >= 0.3 is 0 Å². The summed E-state index contributed by atoms with van der Waals surface area (Å²) in [7, 11) is 0. The van der Waals surface area contributed by atoms with Gasteiger partial charge in [0.05, 0.1) is 11.8 Å². The van der Waals surface area contributed by atoms with Crippen LogP contribution in [0.2, 0.25) is 0 Å². The lowest BCUT2D eigenvalue weighted by atomic mass is 9.47. The highest BCUT2D eigenvalue weighted by atomic mass is 16.6. The van der Waals surface area contributed by atoms with Gasteiger partial charge in [-0.3, -0.25) is 0 Å². The number of allylic oxidation sites excluding steroid dienone is 1. The lowest BCUT2D eigenvalue weighted by Gasteiger charge is -2.58. The van der Waals surface area contributed by atoms with E-state index >= 15 is 0 Å². The number of hydrogen-bond donors (Lipinski definition) is 3. The van der Waals surface area contributed by atoms with E-state index in [0.717, 1.165) is 42.7 Å². The predicted octanol–water partition coefficient (Wildman–Crippen LogP) is 5.07. The van der Waals surface area contributed by atoms with Gasteiger partial charge in [-0.2, -0.15) is 0 Å². The summed E-state index contributed by atoms with van der Waals surface area (Å²) in [6.07, 6.45) is 11.1. The molecule has 5 heteroatoms. The second-order valence-electron chi connectivity index (χ2n) is 13.1. The Bertz CT molecular complexity index is 772. The van der Waals surface area contributed by atoms with Crippen molar-refractivity contribution >= 4 is 5.71 Å². The van der Waals surface area contributed by atoms with Crippen LogP contribution in [0.1, 0.15) is 92.9 Å². The first kappa shape index (κ1) is 25.2. The fourth-order valence-corrected chi connectivity index (χ4v) is 8.10. The van der Waals surface area contributed by atoms with Gasteiger partial charge < -0.3 is 20.4 Å². The molecule has 0 radical (unpaired) electrons. The van der Waals surface area contributed by atoms with Crippen molar-refractivity contribution in [3.63, 3.8) is 0 Å². The van der Waals surface area contributed by atoms with E-state index in [-0.39, 0.29) is 18.2 Å². The molecule has 0 spiro atoms. The van der Waals surface area contributed by atoms with Crippen molar-refractivity contribution in [1.29, 1.82) is 0 Å². The molecule has 0 aromatic rings. The van der Waals surface area contributed by atoms with Crippen LogP contribution in [0.4, 0.5) is 0 Å². The molecule has 0 heterocycles. The Morgan fingerprint density at radius 2 is 1.94 bits per heavy atom. The Labute approximate surface area is 201 Å². The van der Waals surface area contributed by atoms with Gasteiger partial charge in [-0.1, -0.05) is 30.7 Å². The maximum atomic E-state index is 10.2. The number of nitrogens with zero attached hydrogens (tertiary/aromatic N) is 1. The van der Waals surface area contributed by atoms with Gasteiger partial charge in [0, 0.05) is 18.0 Å².